The van der Waals surface area contributed by atoms with Crippen molar-refractivity contribution >= 4 is 0 Å². The Hall–Kier alpha value is -0.260. The molecule has 0 heteroatoms. The van der Waals surface area contributed by atoms with Crippen LogP contribution in [0.25, 0.3) is 0 Å². The first-order valence-electron chi connectivity index (χ1n) is 4.79. The largest absolute Gasteiger partial charge is 0.0914 e. The van der Waals surface area contributed by atoms with Crippen LogP contribution in [0.2, 0.25) is 0 Å². The van der Waals surface area contributed by atoms with Gasteiger partial charge in [-0.2, -0.15) is 0 Å². The molecule has 0 rings (SSSR count). The lowest BCUT2D eigenvalue weighted by molar-refractivity contribution is 0.501. The van der Waals surface area contributed by atoms with Gasteiger partial charge >= 0.3 is 0 Å². The fraction of sp³-hybridized carbons (Fsp3) is 0.818. The molecule has 0 nitrogen and oxygen atoms in total. The summed E-state index contributed by atoms with van der Waals surface area (Å²) < 4.78 is 0. The molecule has 0 aromatic rings. The first-order chi connectivity index (χ1) is 5.16. The van der Waals surface area contributed by atoms with E-state index in [4.69, 9.17) is 0 Å². The monoisotopic (exact) mass is 154 g/mol. The second-order valence-electron chi connectivity index (χ2n) is 3.83. The van der Waals surface area contributed by atoms with Crippen LogP contribution in [0.5, 0.6) is 0 Å². The minimum atomic E-state index is 0.777. The molecule has 0 bridgehead atoms. The Bertz CT molecular complexity index is 101. The van der Waals surface area contributed by atoms with Gasteiger partial charge in [-0.15, -0.1) is 0 Å². The summed E-state index contributed by atoms with van der Waals surface area (Å²) in [6.45, 7) is 8.97. The van der Waals surface area contributed by atoms with Crippen molar-refractivity contribution in [2.75, 3.05) is 0 Å². The van der Waals surface area contributed by atoms with Gasteiger partial charge in [-0.3, -0.25) is 0 Å². The molecule has 0 spiro atoms. The van der Waals surface area contributed by atoms with Gasteiger partial charge in [0.15, 0.2) is 0 Å². The molecular weight excluding hydrogens is 132 g/mol. The minimum Gasteiger partial charge on any atom is -0.0914 e. The molecule has 0 aliphatic rings. The quantitative estimate of drug-likeness (QED) is 0.524. The third kappa shape index (κ3) is 7.64. The average Bonchev–Trinajstić information content (AvgIpc) is 1.87. The highest BCUT2D eigenvalue weighted by Crippen LogP contribution is 2.12. The number of hydrogen-bond donors (Lipinski definition) is 0. The number of hydrogen-bond acceptors (Lipinski definition) is 0. The van der Waals surface area contributed by atoms with Crippen molar-refractivity contribution in [3.05, 3.63) is 12.2 Å². The molecule has 0 saturated carbocycles. The van der Waals surface area contributed by atoms with Crippen LogP contribution < -0.4 is 0 Å². The van der Waals surface area contributed by atoms with Crippen molar-refractivity contribution in [1.29, 1.82) is 0 Å². The summed E-state index contributed by atoms with van der Waals surface area (Å²) in [4.78, 5) is 0. The van der Waals surface area contributed by atoms with E-state index in [-0.39, 0.29) is 0 Å². The normalized spacial score (nSPS) is 14.6. The topological polar surface area (TPSA) is 0 Å². The molecule has 1 atom stereocenters. The van der Waals surface area contributed by atoms with Gasteiger partial charge in [0.1, 0.15) is 0 Å². The number of allylic oxidation sites excluding steroid dienone is 2. The Morgan fingerprint density at radius 3 is 2.18 bits per heavy atom. The molecule has 0 heterocycles. The van der Waals surface area contributed by atoms with Crippen LogP contribution in [-0.4, -0.2) is 0 Å². The lowest BCUT2D eigenvalue weighted by atomic mass is 9.99. The van der Waals surface area contributed by atoms with Gasteiger partial charge in [0.2, 0.25) is 0 Å². The maximum absolute atomic E-state index is 2.29. The summed E-state index contributed by atoms with van der Waals surface area (Å²) in [6.07, 6.45) is 8.55. The molecule has 0 amide bonds. The predicted octanol–water partition coefficient (Wildman–Crippen LogP) is 4.02. The second kappa shape index (κ2) is 6.45. The van der Waals surface area contributed by atoms with Crippen LogP contribution in [0.15, 0.2) is 12.2 Å². The van der Waals surface area contributed by atoms with Gasteiger partial charge in [0.25, 0.3) is 0 Å². The van der Waals surface area contributed by atoms with E-state index in [1.54, 1.807) is 0 Å². The molecular formula is C11H22. The molecule has 11 heavy (non-hydrogen) atoms. The SMILES string of the molecule is C/C=C/C(C)CCCC(C)C. The molecule has 0 saturated heterocycles. The highest BCUT2D eigenvalue weighted by Gasteiger charge is 1.97. The highest BCUT2D eigenvalue weighted by atomic mass is 14.0. The molecule has 0 fully saturated rings. The van der Waals surface area contributed by atoms with Crippen molar-refractivity contribution in [2.45, 2.75) is 47.0 Å². The summed E-state index contributed by atoms with van der Waals surface area (Å²) in [5.74, 6) is 1.64. The zero-order valence-electron chi connectivity index (χ0n) is 8.43. The maximum Gasteiger partial charge on any atom is -0.0262 e. The van der Waals surface area contributed by atoms with Crippen LogP contribution in [0.1, 0.15) is 47.0 Å². The summed E-state index contributed by atoms with van der Waals surface area (Å²) in [6, 6.07) is 0. The molecule has 0 aliphatic heterocycles. The average molecular weight is 154 g/mol. The van der Waals surface area contributed by atoms with Gasteiger partial charge < -0.3 is 0 Å². The summed E-state index contributed by atoms with van der Waals surface area (Å²) in [5, 5.41) is 0. The maximum atomic E-state index is 2.29. The predicted molar refractivity (Wildman–Crippen MR) is 52.7 cm³/mol. The zero-order valence-corrected chi connectivity index (χ0v) is 8.43. The van der Waals surface area contributed by atoms with E-state index in [0.717, 1.165) is 11.8 Å². The zero-order chi connectivity index (χ0) is 8.69. The fourth-order valence-electron chi connectivity index (χ4n) is 1.27. The van der Waals surface area contributed by atoms with Crippen molar-refractivity contribution in [1.82, 2.24) is 0 Å². The van der Waals surface area contributed by atoms with E-state index < -0.39 is 0 Å². The molecule has 0 radical (unpaired) electrons. The molecule has 0 aromatic heterocycles. The molecule has 0 aromatic carbocycles. The molecule has 0 aliphatic carbocycles. The van der Waals surface area contributed by atoms with E-state index in [2.05, 4.69) is 39.8 Å². The van der Waals surface area contributed by atoms with Crippen molar-refractivity contribution < 1.29 is 0 Å². The van der Waals surface area contributed by atoms with E-state index in [9.17, 15) is 0 Å². The fourth-order valence-corrected chi connectivity index (χ4v) is 1.27. The van der Waals surface area contributed by atoms with Gasteiger partial charge in [-0.05, 0) is 25.2 Å². The Morgan fingerprint density at radius 1 is 1.09 bits per heavy atom. The van der Waals surface area contributed by atoms with Crippen molar-refractivity contribution in [3.63, 3.8) is 0 Å². The van der Waals surface area contributed by atoms with Crippen molar-refractivity contribution in [2.24, 2.45) is 11.8 Å². The van der Waals surface area contributed by atoms with E-state index in [0.29, 0.717) is 0 Å². The third-order valence-corrected chi connectivity index (χ3v) is 1.96. The van der Waals surface area contributed by atoms with Crippen LogP contribution in [-0.2, 0) is 0 Å². The van der Waals surface area contributed by atoms with Crippen LogP contribution in [0.4, 0.5) is 0 Å². The van der Waals surface area contributed by atoms with Crippen LogP contribution in [0.3, 0.4) is 0 Å². The highest BCUT2D eigenvalue weighted by molar-refractivity contribution is 4.82. The lowest BCUT2D eigenvalue weighted by Crippen LogP contribution is -1.92. The minimum absolute atomic E-state index is 0.777. The first-order valence-corrected chi connectivity index (χ1v) is 4.79. The summed E-state index contributed by atoms with van der Waals surface area (Å²) in [7, 11) is 0. The Kier molecular flexibility index (Phi) is 6.30. The van der Waals surface area contributed by atoms with Crippen LogP contribution in [0, 0.1) is 11.8 Å². The molecule has 1 unspecified atom stereocenters. The Balaban J connectivity index is 3.24. The van der Waals surface area contributed by atoms with Gasteiger partial charge in [0, 0.05) is 0 Å². The van der Waals surface area contributed by atoms with Crippen molar-refractivity contribution in [3.8, 4) is 0 Å². The van der Waals surface area contributed by atoms with E-state index in [1.807, 2.05) is 0 Å². The van der Waals surface area contributed by atoms with Gasteiger partial charge in [-0.25, -0.2) is 0 Å². The standard InChI is InChI=1S/C11H22/c1-5-7-11(4)9-6-8-10(2)3/h5,7,10-11H,6,8-9H2,1-4H3/b7-5+. The van der Waals surface area contributed by atoms with Gasteiger partial charge in [0.05, 0.1) is 0 Å². The Labute approximate surface area is 71.7 Å². The van der Waals surface area contributed by atoms with Gasteiger partial charge in [-0.1, -0.05) is 45.8 Å². The second-order valence-corrected chi connectivity index (χ2v) is 3.83. The summed E-state index contributed by atoms with van der Waals surface area (Å²) in [5.41, 5.74) is 0. The molecule has 66 valence electrons. The smallest absolute Gasteiger partial charge is 0.0262 e. The molecule has 0 N–H and O–H groups in total. The van der Waals surface area contributed by atoms with E-state index >= 15 is 0 Å². The summed E-state index contributed by atoms with van der Waals surface area (Å²) >= 11 is 0. The van der Waals surface area contributed by atoms with Crippen LogP contribution >= 0.6 is 0 Å². The third-order valence-electron chi connectivity index (χ3n) is 1.96. The Morgan fingerprint density at radius 2 is 1.73 bits per heavy atom. The lowest BCUT2D eigenvalue weighted by Gasteiger charge is -2.07. The van der Waals surface area contributed by atoms with E-state index in [1.165, 1.54) is 19.3 Å². The first kappa shape index (κ1) is 10.7. The number of rotatable bonds is 5.